The van der Waals surface area contributed by atoms with E-state index in [1.54, 1.807) is 12.1 Å². The minimum atomic E-state index is -0.172. The van der Waals surface area contributed by atoms with Gasteiger partial charge in [-0.2, -0.15) is 0 Å². The van der Waals surface area contributed by atoms with Crippen LogP contribution in [-0.4, -0.2) is 5.91 Å². The molecule has 0 spiro atoms. The Bertz CT molecular complexity index is 667. The maximum absolute atomic E-state index is 11.9. The normalized spacial score (nSPS) is 10.8. The SMILES string of the molecule is Cc1cc(I)ccc1NC(=O)C=Cc1ccccc1Cl. The van der Waals surface area contributed by atoms with Crippen LogP contribution in [-0.2, 0) is 4.79 Å². The number of amides is 1. The van der Waals surface area contributed by atoms with Crippen LogP contribution in [0.15, 0.2) is 48.5 Å². The lowest BCUT2D eigenvalue weighted by Gasteiger charge is -2.06. The number of hydrogen-bond donors (Lipinski definition) is 1. The van der Waals surface area contributed by atoms with Crippen molar-refractivity contribution < 1.29 is 4.79 Å². The topological polar surface area (TPSA) is 29.1 Å². The summed E-state index contributed by atoms with van der Waals surface area (Å²) in [6.45, 7) is 1.97. The van der Waals surface area contributed by atoms with Crippen LogP contribution in [0.1, 0.15) is 11.1 Å². The first-order valence-corrected chi connectivity index (χ1v) is 7.51. The van der Waals surface area contributed by atoms with E-state index in [0.29, 0.717) is 5.02 Å². The molecule has 0 saturated carbocycles. The molecular weight excluding hydrogens is 385 g/mol. The van der Waals surface area contributed by atoms with Crippen molar-refractivity contribution in [1.82, 2.24) is 0 Å². The number of nitrogens with one attached hydrogen (secondary N) is 1. The Morgan fingerprint density at radius 2 is 2.00 bits per heavy atom. The quantitative estimate of drug-likeness (QED) is 0.579. The molecule has 0 bridgehead atoms. The highest BCUT2D eigenvalue weighted by molar-refractivity contribution is 14.1. The molecule has 0 radical (unpaired) electrons. The Kier molecular flexibility index (Phi) is 5.20. The zero-order chi connectivity index (χ0) is 14.5. The summed E-state index contributed by atoms with van der Waals surface area (Å²) >= 11 is 8.27. The number of carbonyl (C=O) groups is 1. The van der Waals surface area contributed by atoms with Crippen molar-refractivity contribution in [3.05, 3.63) is 68.3 Å². The highest BCUT2D eigenvalue weighted by atomic mass is 127. The average Bonchev–Trinajstić information content (AvgIpc) is 2.41. The van der Waals surface area contributed by atoms with Crippen molar-refractivity contribution in [1.29, 1.82) is 0 Å². The molecule has 102 valence electrons. The molecule has 0 aliphatic carbocycles. The Labute approximate surface area is 137 Å². The predicted octanol–water partition coefficient (Wildman–Crippen LogP) is 4.90. The molecule has 0 aliphatic heterocycles. The second-order valence-electron chi connectivity index (χ2n) is 4.30. The van der Waals surface area contributed by atoms with Gasteiger partial charge in [-0.1, -0.05) is 29.8 Å². The molecule has 2 nitrogen and oxygen atoms in total. The fourth-order valence-electron chi connectivity index (χ4n) is 1.72. The molecule has 2 aromatic rings. The number of carbonyl (C=O) groups excluding carboxylic acids is 1. The third-order valence-corrected chi connectivity index (χ3v) is 3.78. The van der Waals surface area contributed by atoms with Crippen molar-refractivity contribution in [2.75, 3.05) is 5.32 Å². The first kappa shape index (κ1) is 15.1. The number of hydrogen-bond acceptors (Lipinski definition) is 1. The molecule has 0 saturated heterocycles. The molecule has 0 fully saturated rings. The maximum atomic E-state index is 11.9. The Hall–Kier alpha value is -1.33. The molecule has 4 heteroatoms. The average molecular weight is 398 g/mol. The highest BCUT2D eigenvalue weighted by Crippen LogP contribution is 2.19. The van der Waals surface area contributed by atoms with Crippen LogP contribution < -0.4 is 5.32 Å². The smallest absolute Gasteiger partial charge is 0.248 e. The lowest BCUT2D eigenvalue weighted by molar-refractivity contribution is -0.111. The molecule has 0 aliphatic rings. The van der Waals surface area contributed by atoms with Gasteiger partial charge in [-0.25, -0.2) is 0 Å². The van der Waals surface area contributed by atoms with E-state index >= 15 is 0 Å². The van der Waals surface area contributed by atoms with E-state index in [2.05, 4.69) is 27.9 Å². The van der Waals surface area contributed by atoms with E-state index in [4.69, 9.17) is 11.6 Å². The monoisotopic (exact) mass is 397 g/mol. The molecule has 0 heterocycles. The van der Waals surface area contributed by atoms with Crippen LogP contribution >= 0.6 is 34.2 Å². The van der Waals surface area contributed by atoms with E-state index in [-0.39, 0.29) is 5.91 Å². The summed E-state index contributed by atoms with van der Waals surface area (Å²) in [5, 5.41) is 3.48. The molecule has 2 rings (SSSR count). The third kappa shape index (κ3) is 4.08. The van der Waals surface area contributed by atoms with Gasteiger partial charge in [-0.15, -0.1) is 0 Å². The minimum absolute atomic E-state index is 0.172. The first-order valence-electron chi connectivity index (χ1n) is 6.06. The lowest BCUT2D eigenvalue weighted by Crippen LogP contribution is -2.08. The van der Waals surface area contributed by atoms with Crippen molar-refractivity contribution in [2.24, 2.45) is 0 Å². The number of aryl methyl sites for hydroxylation is 1. The van der Waals surface area contributed by atoms with Gasteiger partial charge in [0.2, 0.25) is 5.91 Å². The van der Waals surface area contributed by atoms with Gasteiger partial charge < -0.3 is 5.32 Å². The van der Waals surface area contributed by atoms with Gasteiger partial charge in [0.05, 0.1) is 0 Å². The highest BCUT2D eigenvalue weighted by Gasteiger charge is 2.02. The Morgan fingerprint density at radius 1 is 1.25 bits per heavy atom. The second-order valence-corrected chi connectivity index (χ2v) is 5.96. The van der Waals surface area contributed by atoms with Crippen molar-refractivity contribution >= 4 is 51.9 Å². The summed E-state index contributed by atoms with van der Waals surface area (Å²) in [7, 11) is 0. The van der Waals surface area contributed by atoms with E-state index in [1.807, 2.05) is 43.3 Å². The second kappa shape index (κ2) is 6.90. The van der Waals surface area contributed by atoms with E-state index in [0.717, 1.165) is 20.4 Å². The zero-order valence-electron chi connectivity index (χ0n) is 10.9. The largest absolute Gasteiger partial charge is 0.322 e. The maximum Gasteiger partial charge on any atom is 0.248 e. The van der Waals surface area contributed by atoms with E-state index in [1.165, 1.54) is 6.08 Å². The summed E-state index contributed by atoms with van der Waals surface area (Å²) < 4.78 is 1.14. The van der Waals surface area contributed by atoms with Gasteiger partial charge in [0.1, 0.15) is 0 Å². The first-order chi connectivity index (χ1) is 9.56. The van der Waals surface area contributed by atoms with Gasteiger partial charge in [-0.3, -0.25) is 4.79 Å². The molecular formula is C16H13ClINO. The molecule has 1 N–H and O–H groups in total. The fraction of sp³-hybridized carbons (Fsp3) is 0.0625. The van der Waals surface area contributed by atoms with Crippen LogP contribution in [0, 0.1) is 10.5 Å². The summed E-state index contributed by atoms with van der Waals surface area (Å²) in [4.78, 5) is 11.9. The third-order valence-electron chi connectivity index (χ3n) is 2.77. The van der Waals surface area contributed by atoms with E-state index < -0.39 is 0 Å². The lowest BCUT2D eigenvalue weighted by atomic mass is 10.2. The van der Waals surface area contributed by atoms with Crippen LogP contribution in [0.2, 0.25) is 5.02 Å². The van der Waals surface area contributed by atoms with E-state index in [9.17, 15) is 4.79 Å². The molecule has 1 amide bonds. The number of rotatable bonds is 3. The summed E-state index contributed by atoms with van der Waals surface area (Å²) in [5.74, 6) is -0.172. The number of benzene rings is 2. The van der Waals surface area contributed by atoms with Gasteiger partial charge in [0.25, 0.3) is 0 Å². The van der Waals surface area contributed by atoms with Crippen LogP contribution in [0.5, 0.6) is 0 Å². The Morgan fingerprint density at radius 3 is 2.70 bits per heavy atom. The van der Waals surface area contributed by atoms with Gasteiger partial charge in [0.15, 0.2) is 0 Å². The minimum Gasteiger partial charge on any atom is -0.322 e. The fourth-order valence-corrected chi connectivity index (χ4v) is 2.56. The van der Waals surface area contributed by atoms with Gasteiger partial charge in [0, 0.05) is 20.4 Å². The molecule has 20 heavy (non-hydrogen) atoms. The van der Waals surface area contributed by atoms with Gasteiger partial charge >= 0.3 is 0 Å². The van der Waals surface area contributed by atoms with Crippen molar-refractivity contribution in [3.63, 3.8) is 0 Å². The van der Waals surface area contributed by atoms with Crippen LogP contribution in [0.3, 0.4) is 0 Å². The number of halogens is 2. The Balaban J connectivity index is 2.08. The van der Waals surface area contributed by atoms with Crippen molar-refractivity contribution in [2.45, 2.75) is 6.92 Å². The predicted molar refractivity (Wildman–Crippen MR) is 93.0 cm³/mol. The number of anilines is 1. The van der Waals surface area contributed by atoms with Crippen LogP contribution in [0.25, 0.3) is 6.08 Å². The molecule has 2 aromatic carbocycles. The standard InChI is InChI=1S/C16H13ClINO/c1-11-10-13(18)7-8-15(11)19-16(20)9-6-12-4-2-3-5-14(12)17/h2-10H,1H3,(H,19,20). The molecule has 0 atom stereocenters. The summed E-state index contributed by atoms with van der Waals surface area (Å²) in [6.07, 6.45) is 3.19. The molecule has 0 unspecified atom stereocenters. The van der Waals surface area contributed by atoms with Crippen molar-refractivity contribution in [3.8, 4) is 0 Å². The molecule has 0 aromatic heterocycles. The van der Waals surface area contributed by atoms with Gasteiger partial charge in [-0.05, 0) is 71.0 Å². The zero-order valence-corrected chi connectivity index (χ0v) is 13.8. The summed E-state index contributed by atoms with van der Waals surface area (Å²) in [6, 6.07) is 13.3. The van der Waals surface area contributed by atoms with Crippen LogP contribution in [0.4, 0.5) is 5.69 Å². The summed E-state index contributed by atoms with van der Waals surface area (Å²) in [5.41, 5.74) is 2.68.